The van der Waals surface area contributed by atoms with Crippen molar-refractivity contribution in [1.82, 2.24) is 0 Å². The zero-order valence-electron chi connectivity index (χ0n) is 14.9. The molecule has 1 saturated carbocycles. The van der Waals surface area contributed by atoms with Gasteiger partial charge in [0.1, 0.15) is 16.5 Å². The van der Waals surface area contributed by atoms with Gasteiger partial charge in [-0.2, -0.15) is 5.26 Å². The second-order valence-corrected chi connectivity index (χ2v) is 9.71. The van der Waals surface area contributed by atoms with E-state index >= 15 is 4.39 Å². The van der Waals surface area contributed by atoms with Crippen molar-refractivity contribution < 1.29 is 26.7 Å². The van der Waals surface area contributed by atoms with Crippen LogP contribution in [0.5, 0.6) is 5.75 Å². The van der Waals surface area contributed by atoms with Crippen LogP contribution in [0.25, 0.3) is 0 Å². The molecule has 0 amide bonds. The van der Waals surface area contributed by atoms with E-state index in [4.69, 9.17) is 16.3 Å². The van der Waals surface area contributed by atoms with Gasteiger partial charge in [-0.25, -0.2) is 17.2 Å². The van der Waals surface area contributed by atoms with E-state index in [9.17, 15) is 22.9 Å². The summed E-state index contributed by atoms with van der Waals surface area (Å²) in [5, 5.41) is 9.86. The Hall–Kier alpha value is -2.50. The van der Waals surface area contributed by atoms with Crippen LogP contribution >= 0.6 is 11.6 Å². The monoisotopic (exact) mass is 437 g/mol. The Morgan fingerprint density at radius 2 is 1.79 bits per heavy atom. The number of ether oxygens (including phenoxy) is 1. The molecule has 2 aromatic rings. The zero-order chi connectivity index (χ0) is 21.0. The van der Waals surface area contributed by atoms with Crippen LogP contribution in [0.15, 0.2) is 41.3 Å². The maximum atomic E-state index is 15.0. The molecule has 1 aliphatic heterocycles. The van der Waals surface area contributed by atoms with Crippen LogP contribution in [0.4, 0.5) is 8.78 Å². The molecule has 3 atom stereocenters. The van der Waals surface area contributed by atoms with Gasteiger partial charge in [-0.1, -0.05) is 11.6 Å². The molecule has 1 fully saturated rings. The molecule has 0 aromatic heterocycles. The molecule has 4 rings (SSSR count). The molecular weight excluding hydrogens is 424 g/mol. The van der Waals surface area contributed by atoms with E-state index < -0.39 is 61.8 Å². The van der Waals surface area contributed by atoms with Crippen molar-refractivity contribution >= 4 is 27.2 Å². The number of ketones is 1. The summed E-state index contributed by atoms with van der Waals surface area (Å²) in [6.45, 7) is -0.399. The molecule has 0 bridgehead atoms. The minimum atomic E-state index is -4.37. The van der Waals surface area contributed by atoms with E-state index in [1.807, 2.05) is 6.07 Å². The van der Waals surface area contributed by atoms with Crippen molar-refractivity contribution in [2.75, 3.05) is 6.61 Å². The number of Topliss-reactive ketones (excluding diaryl/α,β-unsaturated/α-hetero) is 1. The number of hydrogen-bond acceptors (Lipinski definition) is 5. The molecule has 150 valence electrons. The molecule has 0 radical (unpaired) electrons. The molecule has 5 nitrogen and oxygen atoms in total. The van der Waals surface area contributed by atoms with Crippen molar-refractivity contribution in [1.29, 1.82) is 5.26 Å². The topological polar surface area (TPSA) is 84.2 Å². The van der Waals surface area contributed by atoms with Crippen molar-refractivity contribution in [3.05, 3.63) is 58.6 Å². The summed E-state index contributed by atoms with van der Waals surface area (Å²) in [4.78, 5) is 12.2. The third-order valence-electron chi connectivity index (χ3n) is 5.72. The number of benzene rings is 2. The summed E-state index contributed by atoms with van der Waals surface area (Å²) in [7, 11) is -4.37. The number of rotatable bonds is 2. The highest BCUT2D eigenvalue weighted by atomic mass is 35.5. The SMILES string of the molecule is N#C[C@@H]1C(=O)CC[C@@]2(S(=O)(=O)c3ccc(Cl)cc3)c3c(F)ccc(F)c3OC[C@@H]12. The molecule has 29 heavy (non-hydrogen) atoms. The maximum Gasteiger partial charge on any atom is 0.188 e. The molecule has 1 heterocycles. The fraction of sp³-hybridized carbons (Fsp3) is 0.300. The van der Waals surface area contributed by atoms with Gasteiger partial charge in [-0.15, -0.1) is 0 Å². The summed E-state index contributed by atoms with van der Waals surface area (Å²) in [5.74, 6) is -5.31. The summed E-state index contributed by atoms with van der Waals surface area (Å²) < 4.78 is 60.5. The Balaban J connectivity index is 2.08. The van der Waals surface area contributed by atoms with Gasteiger partial charge in [0.2, 0.25) is 0 Å². The normalized spacial score (nSPS) is 26.1. The number of fused-ring (bicyclic) bond motifs is 3. The first-order valence-electron chi connectivity index (χ1n) is 8.78. The van der Waals surface area contributed by atoms with Gasteiger partial charge in [0.15, 0.2) is 27.2 Å². The number of hydrogen-bond donors (Lipinski definition) is 0. The molecule has 0 N–H and O–H groups in total. The predicted octanol–water partition coefficient (Wildman–Crippen LogP) is 3.80. The smallest absolute Gasteiger partial charge is 0.188 e. The first-order chi connectivity index (χ1) is 13.7. The Labute approximate surface area is 170 Å². The van der Waals surface area contributed by atoms with Crippen LogP contribution in [0.1, 0.15) is 18.4 Å². The number of carbonyl (C=O) groups excluding carboxylic acids is 1. The summed E-state index contributed by atoms with van der Waals surface area (Å²) >= 11 is 5.86. The van der Waals surface area contributed by atoms with E-state index in [1.165, 1.54) is 24.3 Å². The highest BCUT2D eigenvalue weighted by Crippen LogP contribution is 2.57. The lowest BCUT2D eigenvalue weighted by Gasteiger charge is -2.48. The Bertz CT molecular complexity index is 1160. The van der Waals surface area contributed by atoms with Gasteiger partial charge in [0.05, 0.1) is 23.1 Å². The van der Waals surface area contributed by atoms with E-state index in [0.29, 0.717) is 5.02 Å². The number of nitrogens with zero attached hydrogens (tertiary/aromatic N) is 1. The lowest BCUT2D eigenvalue weighted by atomic mass is 9.67. The highest BCUT2D eigenvalue weighted by molar-refractivity contribution is 7.92. The fourth-order valence-corrected chi connectivity index (χ4v) is 6.85. The van der Waals surface area contributed by atoms with Gasteiger partial charge in [-0.3, -0.25) is 4.79 Å². The second kappa shape index (κ2) is 6.78. The van der Waals surface area contributed by atoms with Gasteiger partial charge in [0, 0.05) is 17.4 Å². The molecule has 0 unspecified atom stereocenters. The molecule has 0 spiro atoms. The van der Waals surface area contributed by atoms with Gasteiger partial charge >= 0.3 is 0 Å². The first kappa shape index (κ1) is 19.8. The van der Waals surface area contributed by atoms with Gasteiger partial charge < -0.3 is 4.74 Å². The highest BCUT2D eigenvalue weighted by Gasteiger charge is 2.63. The average molecular weight is 438 g/mol. The average Bonchev–Trinajstić information content (AvgIpc) is 2.70. The van der Waals surface area contributed by atoms with E-state index in [2.05, 4.69) is 0 Å². The summed E-state index contributed by atoms with van der Waals surface area (Å²) in [5.41, 5.74) is -0.462. The second-order valence-electron chi connectivity index (χ2n) is 7.07. The minimum absolute atomic E-state index is 0.158. The summed E-state index contributed by atoms with van der Waals surface area (Å²) in [6, 6.07) is 8.82. The first-order valence-corrected chi connectivity index (χ1v) is 10.6. The van der Waals surface area contributed by atoms with Crippen molar-refractivity contribution in [2.24, 2.45) is 11.8 Å². The van der Waals surface area contributed by atoms with Gasteiger partial charge in [0.25, 0.3) is 0 Å². The molecule has 2 aromatic carbocycles. The molecule has 2 aliphatic rings. The van der Waals surface area contributed by atoms with Crippen LogP contribution in [-0.2, 0) is 19.4 Å². The van der Waals surface area contributed by atoms with E-state index in [1.54, 1.807) is 0 Å². The molecule has 9 heteroatoms. The Kier molecular flexibility index (Phi) is 4.63. The third kappa shape index (κ3) is 2.68. The van der Waals surface area contributed by atoms with Crippen molar-refractivity contribution in [2.45, 2.75) is 22.5 Å². The lowest BCUT2D eigenvalue weighted by Crippen LogP contribution is -2.56. The van der Waals surface area contributed by atoms with Gasteiger partial charge in [-0.05, 0) is 42.8 Å². The zero-order valence-corrected chi connectivity index (χ0v) is 16.4. The Morgan fingerprint density at radius 1 is 1.14 bits per heavy atom. The molecule has 1 aliphatic carbocycles. The largest absolute Gasteiger partial charge is 0.490 e. The van der Waals surface area contributed by atoms with Crippen LogP contribution in [0.3, 0.4) is 0 Å². The van der Waals surface area contributed by atoms with Crippen LogP contribution in [0.2, 0.25) is 5.02 Å². The summed E-state index contributed by atoms with van der Waals surface area (Å²) in [6.07, 6.45) is -0.534. The molecular formula is C20H14ClF2NO4S. The number of sulfone groups is 1. The quantitative estimate of drug-likeness (QED) is 0.713. The number of carbonyl (C=O) groups is 1. The fourth-order valence-electron chi connectivity index (χ4n) is 4.38. The number of nitriles is 1. The number of halogens is 3. The maximum absolute atomic E-state index is 15.0. The Morgan fingerprint density at radius 3 is 2.45 bits per heavy atom. The standard InChI is InChI=1S/C20H14ClF2NO4S/c21-11-1-3-12(4-2-11)29(26,27)20-8-7-17(25)13(9-24)14(20)10-28-19-16(23)6-5-15(22)18(19)20/h1-6,13-14H,7-8,10H2/t13-,14-,20-/m0/s1. The van der Waals surface area contributed by atoms with E-state index in [0.717, 1.165) is 12.1 Å². The predicted molar refractivity (Wildman–Crippen MR) is 99.0 cm³/mol. The van der Waals surface area contributed by atoms with Crippen LogP contribution in [-0.4, -0.2) is 20.8 Å². The van der Waals surface area contributed by atoms with Crippen LogP contribution < -0.4 is 4.74 Å². The lowest BCUT2D eigenvalue weighted by molar-refractivity contribution is -0.126. The third-order valence-corrected chi connectivity index (χ3v) is 8.54. The van der Waals surface area contributed by atoms with E-state index in [-0.39, 0.29) is 17.7 Å². The van der Waals surface area contributed by atoms with Crippen molar-refractivity contribution in [3.63, 3.8) is 0 Å². The minimum Gasteiger partial charge on any atom is -0.490 e. The molecule has 0 saturated heterocycles. The van der Waals surface area contributed by atoms with Crippen molar-refractivity contribution in [3.8, 4) is 11.8 Å². The van der Waals surface area contributed by atoms with Crippen LogP contribution in [0, 0.1) is 34.8 Å².